The fraction of sp³-hybridized carbons (Fsp3) is 0.615. The number of aliphatic hydroxyl groups is 1. The van der Waals surface area contributed by atoms with Gasteiger partial charge in [-0.25, -0.2) is 4.79 Å². The molecule has 0 aromatic heterocycles. The topological polar surface area (TPSA) is 49.8 Å². The summed E-state index contributed by atoms with van der Waals surface area (Å²) in [5.41, 5.74) is 1.65. The molecule has 2 aliphatic rings. The van der Waals surface area contributed by atoms with Crippen molar-refractivity contribution in [1.29, 1.82) is 0 Å². The van der Waals surface area contributed by atoms with Crippen LogP contribution in [0.5, 0.6) is 0 Å². The van der Waals surface area contributed by atoms with Gasteiger partial charge in [0.05, 0.1) is 12.1 Å². The van der Waals surface area contributed by atoms with E-state index >= 15 is 0 Å². The molecular weight excluding hydrogens is 218 g/mol. The van der Waals surface area contributed by atoms with Crippen molar-refractivity contribution in [3.63, 3.8) is 0 Å². The predicted octanol–water partition coefficient (Wildman–Crippen LogP) is 0.871. The third kappa shape index (κ3) is 2.42. The number of fused-ring (bicyclic) bond motifs is 1. The number of rotatable bonds is 3. The Hall–Kier alpha value is -1.13. The standard InChI is InChI=1S/C13H19NO3/c1-3-9(2)13(16)17-8-10-4-6-14-7-5-11(15)12(10)14/h3-4,11-12,15H,5-8H2,1-2H3/b9-3+/t11-,12+/m1/s1. The van der Waals surface area contributed by atoms with Crippen LogP contribution in [-0.2, 0) is 9.53 Å². The number of esters is 1. The Kier molecular flexibility index (Phi) is 3.64. The number of ether oxygens (including phenoxy) is 1. The van der Waals surface area contributed by atoms with Gasteiger partial charge >= 0.3 is 5.97 Å². The SMILES string of the molecule is C/C=C(\C)C(=O)OCC1=CCN2CC[C@@H](O)[C@H]12. The minimum Gasteiger partial charge on any atom is -0.458 e. The molecule has 0 unspecified atom stereocenters. The molecular formula is C13H19NO3. The Morgan fingerprint density at radius 1 is 1.71 bits per heavy atom. The van der Waals surface area contributed by atoms with Gasteiger partial charge in [0.2, 0.25) is 0 Å². The van der Waals surface area contributed by atoms with Gasteiger partial charge in [-0.1, -0.05) is 12.2 Å². The molecule has 0 aliphatic carbocycles. The van der Waals surface area contributed by atoms with Crippen molar-refractivity contribution in [3.05, 3.63) is 23.3 Å². The summed E-state index contributed by atoms with van der Waals surface area (Å²) in [7, 11) is 0. The lowest BCUT2D eigenvalue weighted by molar-refractivity contribution is -0.138. The second-order valence-electron chi connectivity index (χ2n) is 4.62. The molecule has 1 fully saturated rings. The van der Waals surface area contributed by atoms with Crippen molar-refractivity contribution >= 4 is 5.97 Å². The van der Waals surface area contributed by atoms with E-state index in [1.165, 1.54) is 0 Å². The van der Waals surface area contributed by atoms with Gasteiger partial charge in [0.15, 0.2) is 0 Å². The Bertz CT molecular complexity index is 373. The Morgan fingerprint density at radius 2 is 2.47 bits per heavy atom. The summed E-state index contributed by atoms with van der Waals surface area (Å²) in [6.07, 6.45) is 4.29. The van der Waals surface area contributed by atoms with Gasteiger partial charge in [-0.15, -0.1) is 0 Å². The van der Waals surface area contributed by atoms with Gasteiger partial charge in [-0.3, -0.25) is 4.90 Å². The van der Waals surface area contributed by atoms with E-state index in [1.54, 1.807) is 13.0 Å². The second kappa shape index (κ2) is 5.02. The predicted molar refractivity (Wildman–Crippen MR) is 64.5 cm³/mol. The molecule has 2 heterocycles. The first kappa shape index (κ1) is 12.3. The number of carbonyl (C=O) groups is 1. The molecule has 1 N–H and O–H groups in total. The summed E-state index contributed by atoms with van der Waals surface area (Å²) in [5.74, 6) is -0.278. The van der Waals surface area contributed by atoms with E-state index in [0.29, 0.717) is 12.2 Å². The molecule has 4 heteroatoms. The van der Waals surface area contributed by atoms with Gasteiger partial charge in [0.1, 0.15) is 6.61 Å². The number of hydrogen-bond donors (Lipinski definition) is 1. The molecule has 4 nitrogen and oxygen atoms in total. The van der Waals surface area contributed by atoms with Gasteiger partial charge in [0, 0.05) is 18.7 Å². The zero-order valence-corrected chi connectivity index (χ0v) is 10.3. The van der Waals surface area contributed by atoms with Crippen LogP contribution in [0.4, 0.5) is 0 Å². The van der Waals surface area contributed by atoms with Crippen LogP contribution in [0.25, 0.3) is 0 Å². The van der Waals surface area contributed by atoms with Gasteiger partial charge < -0.3 is 9.84 Å². The Balaban J connectivity index is 1.90. The normalized spacial score (nSPS) is 29.1. The molecule has 0 aromatic rings. The minimum absolute atomic E-state index is 0.0636. The van der Waals surface area contributed by atoms with Crippen LogP contribution in [0.2, 0.25) is 0 Å². The summed E-state index contributed by atoms with van der Waals surface area (Å²) in [6, 6.07) is 0.0636. The van der Waals surface area contributed by atoms with Crippen molar-refractivity contribution in [1.82, 2.24) is 4.90 Å². The van der Waals surface area contributed by atoms with E-state index in [9.17, 15) is 9.90 Å². The minimum atomic E-state index is -0.315. The highest BCUT2D eigenvalue weighted by atomic mass is 16.5. The number of carbonyl (C=O) groups excluding carboxylic acids is 1. The third-order valence-electron chi connectivity index (χ3n) is 3.56. The molecule has 1 saturated heterocycles. The average molecular weight is 237 g/mol. The van der Waals surface area contributed by atoms with Crippen LogP contribution < -0.4 is 0 Å². The molecule has 17 heavy (non-hydrogen) atoms. The van der Waals surface area contributed by atoms with E-state index in [2.05, 4.69) is 11.0 Å². The lowest BCUT2D eigenvalue weighted by Gasteiger charge is -2.20. The maximum atomic E-state index is 11.5. The van der Waals surface area contributed by atoms with Crippen molar-refractivity contribution < 1.29 is 14.6 Å². The van der Waals surface area contributed by atoms with Crippen LogP contribution in [0.1, 0.15) is 20.3 Å². The van der Waals surface area contributed by atoms with Crippen LogP contribution in [0, 0.1) is 0 Å². The highest BCUT2D eigenvalue weighted by Crippen LogP contribution is 2.29. The van der Waals surface area contributed by atoms with E-state index < -0.39 is 0 Å². The first-order chi connectivity index (χ1) is 8.13. The summed E-state index contributed by atoms with van der Waals surface area (Å²) in [5, 5.41) is 9.86. The lowest BCUT2D eigenvalue weighted by Crippen LogP contribution is -2.33. The van der Waals surface area contributed by atoms with E-state index in [4.69, 9.17) is 4.74 Å². The third-order valence-corrected chi connectivity index (χ3v) is 3.56. The molecule has 0 radical (unpaired) electrons. The quantitative estimate of drug-likeness (QED) is 0.449. The maximum Gasteiger partial charge on any atom is 0.333 e. The first-order valence-electron chi connectivity index (χ1n) is 6.04. The van der Waals surface area contributed by atoms with E-state index in [-0.39, 0.29) is 18.1 Å². The summed E-state index contributed by atoms with van der Waals surface area (Å²) >= 11 is 0. The van der Waals surface area contributed by atoms with Crippen molar-refractivity contribution in [3.8, 4) is 0 Å². The number of aliphatic hydroxyl groups excluding tert-OH is 1. The molecule has 0 amide bonds. The molecule has 0 bridgehead atoms. The van der Waals surface area contributed by atoms with E-state index in [0.717, 1.165) is 25.1 Å². The summed E-state index contributed by atoms with van der Waals surface area (Å²) < 4.78 is 5.22. The lowest BCUT2D eigenvalue weighted by atomic mass is 10.1. The molecule has 0 aromatic carbocycles. The molecule has 2 atom stereocenters. The first-order valence-corrected chi connectivity index (χ1v) is 6.04. The fourth-order valence-corrected chi connectivity index (χ4v) is 2.40. The molecule has 0 saturated carbocycles. The van der Waals surface area contributed by atoms with Crippen LogP contribution in [-0.4, -0.2) is 47.8 Å². The smallest absolute Gasteiger partial charge is 0.333 e. The van der Waals surface area contributed by atoms with Gasteiger partial charge in [0.25, 0.3) is 0 Å². The van der Waals surface area contributed by atoms with Crippen molar-refractivity contribution in [2.24, 2.45) is 0 Å². The molecule has 2 aliphatic heterocycles. The summed E-state index contributed by atoms with van der Waals surface area (Å²) in [4.78, 5) is 13.7. The summed E-state index contributed by atoms with van der Waals surface area (Å²) in [6.45, 7) is 5.63. The largest absolute Gasteiger partial charge is 0.458 e. The number of nitrogens with zero attached hydrogens (tertiary/aromatic N) is 1. The van der Waals surface area contributed by atoms with Crippen LogP contribution in [0.15, 0.2) is 23.3 Å². The molecule has 0 spiro atoms. The van der Waals surface area contributed by atoms with Crippen molar-refractivity contribution in [2.75, 3.05) is 19.7 Å². The Morgan fingerprint density at radius 3 is 3.18 bits per heavy atom. The molecule has 2 rings (SSSR count). The maximum absolute atomic E-state index is 11.5. The van der Waals surface area contributed by atoms with E-state index in [1.807, 2.05) is 6.92 Å². The van der Waals surface area contributed by atoms with Gasteiger partial charge in [-0.05, 0) is 25.8 Å². The molecule has 94 valence electrons. The number of hydrogen-bond acceptors (Lipinski definition) is 4. The van der Waals surface area contributed by atoms with Crippen LogP contribution in [0.3, 0.4) is 0 Å². The monoisotopic (exact) mass is 237 g/mol. The van der Waals surface area contributed by atoms with Crippen LogP contribution >= 0.6 is 0 Å². The zero-order chi connectivity index (χ0) is 12.4. The fourth-order valence-electron chi connectivity index (χ4n) is 2.40. The zero-order valence-electron chi connectivity index (χ0n) is 10.3. The Labute approximate surface area is 102 Å². The number of allylic oxidation sites excluding steroid dienone is 1. The highest BCUT2D eigenvalue weighted by Gasteiger charge is 2.38. The second-order valence-corrected chi connectivity index (χ2v) is 4.62. The van der Waals surface area contributed by atoms with Crippen molar-refractivity contribution in [2.45, 2.75) is 32.4 Å². The highest BCUT2D eigenvalue weighted by molar-refractivity contribution is 5.87. The average Bonchev–Trinajstić information content (AvgIpc) is 2.89. The van der Waals surface area contributed by atoms with Gasteiger partial charge in [-0.2, -0.15) is 0 Å².